The van der Waals surface area contributed by atoms with Crippen LogP contribution in [0.5, 0.6) is 0 Å². The van der Waals surface area contributed by atoms with Crippen LogP contribution in [0.25, 0.3) is 5.03 Å². The molecule has 0 N–H and O–H groups in total. The maximum absolute atomic E-state index is 13.4. The Balaban J connectivity index is 3.51. The van der Waals surface area contributed by atoms with Gasteiger partial charge in [-0.05, 0) is 6.07 Å². The van der Waals surface area contributed by atoms with Crippen LogP contribution in [-0.4, -0.2) is 4.92 Å². The van der Waals surface area contributed by atoms with E-state index < -0.39 is 32.8 Å². The van der Waals surface area contributed by atoms with Crippen molar-refractivity contribution in [3.63, 3.8) is 0 Å². The number of nitriles is 1. The third-order valence-electron chi connectivity index (χ3n) is 1.70. The molecule has 0 heterocycles. The minimum atomic E-state index is -1.40. The standard InChI is InChI=1S/C9H3ClF2N2O2/c10-5(3-4-13)8-6(11)1-2-7(9(8)12)14(15)16/h1-3H. The Morgan fingerprint density at radius 3 is 2.69 bits per heavy atom. The highest BCUT2D eigenvalue weighted by molar-refractivity contribution is 6.49. The second-order valence-corrected chi connectivity index (χ2v) is 3.04. The van der Waals surface area contributed by atoms with Gasteiger partial charge >= 0.3 is 5.69 Å². The van der Waals surface area contributed by atoms with E-state index in [1.54, 1.807) is 0 Å². The van der Waals surface area contributed by atoms with Gasteiger partial charge in [0, 0.05) is 12.1 Å². The summed E-state index contributed by atoms with van der Waals surface area (Å²) < 4.78 is 26.6. The van der Waals surface area contributed by atoms with Crippen molar-refractivity contribution in [2.75, 3.05) is 0 Å². The lowest BCUT2D eigenvalue weighted by atomic mass is 10.1. The molecule has 0 saturated carbocycles. The summed E-state index contributed by atoms with van der Waals surface area (Å²) in [6.45, 7) is 0. The van der Waals surface area contributed by atoms with E-state index in [-0.39, 0.29) is 0 Å². The summed E-state index contributed by atoms with van der Waals surface area (Å²) in [5, 5.41) is 18.1. The second-order valence-electron chi connectivity index (χ2n) is 2.63. The van der Waals surface area contributed by atoms with Gasteiger partial charge in [-0.15, -0.1) is 0 Å². The molecule has 0 aliphatic carbocycles. The summed E-state index contributed by atoms with van der Waals surface area (Å²) in [5.74, 6) is -2.47. The molecular weight excluding hydrogens is 242 g/mol. The van der Waals surface area contributed by atoms with E-state index in [1.807, 2.05) is 0 Å². The Labute approximate surface area is 93.5 Å². The lowest BCUT2D eigenvalue weighted by Gasteiger charge is -2.02. The van der Waals surface area contributed by atoms with Gasteiger partial charge in [0.1, 0.15) is 5.82 Å². The van der Waals surface area contributed by atoms with Gasteiger partial charge in [-0.3, -0.25) is 10.1 Å². The molecule has 0 atom stereocenters. The Bertz CT molecular complexity index is 523. The average Bonchev–Trinajstić information content (AvgIpc) is 2.17. The number of hydrogen-bond acceptors (Lipinski definition) is 3. The molecule has 0 spiro atoms. The number of allylic oxidation sites excluding steroid dienone is 1. The summed E-state index contributed by atoms with van der Waals surface area (Å²) in [4.78, 5) is 9.38. The molecule has 1 aromatic carbocycles. The van der Waals surface area contributed by atoms with E-state index >= 15 is 0 Å². The zero-order valence-corrected chi connectivity index (χ0v) is 8.33. The Hall–Kier alpha value is -2.00. The summed E-state index contributed by atoms with van der Waals surface area (Å²) in [5.41, 5.74) is -1.68. The quantitative estimate of drug-likeness (QED) is 0.456. The fraction of sp³-hybridized carbons (Fsp3) is 0. The first-order valence-corrected chi connectivity index (χ1v) is 4.25. The Kier molecular flexibility index (Phi) is 3.53. The molecule has 0 saturated heterocycles. The number of rotatable bonds is 2. The summed E-state index contributed by atoms with van der Waals surface area (Å²) in [6, 6.07) is 2.87. The van der Waals surface area contributed by atoms with Gasteiger partial charge in [0.2, 0.25) is 5.82 Å². The van der Waals surface area contributed by atoms with Gasteiger partial charge < -0.3 is 0 Å². The highest BCUT2D eigenvalue weighted by Gasteiger charge is 2.22. The van der Waals surface area contributed by atoms with Crippen molar-refractivity contribution in [2.24, 2.45) is 0 Å². The predicted octanol–water partition coefficient (Wildman–Crippen LogP) is 2.98. The molecule has 82 valence electrons. The molecule has 0 bridgehead atoms. The highest BCUT2D eigenvalue weighted by atomic mass is 35.5. The van der Waals surface area contributed by atoms with Crippen molar-refractivity contribution in [1.29, 1.82) is 5.26 Å². The van der Waals surface area contributed by atoms with Crippen LogP contribution >= 0.6 is 11.6 Å². The van der Waals surface area contributed by atoms with Gasteiger partial charge in [0.05, 0.1) is 21.6 Å². The minimum absolute atomic E-state index is 0.527. The largest absolute Gasteiger partial charge is 0.305 e. The third-order valence-corrected chi connectivity index (χ3v) is 2.00. The average molecular weight is 245 g/mol. The number of nitro benzene ring substituents is 1. The molecule has 16 heavy (non-hydrogen) atoms. The Morgan fingerprint density at radius 2 is 2.19 bits per heavy atom. The van der Waals surface area contributed by atoms with E-state index in [0.717, 1.165) is 0 Å². The molecule has 7 heteroatoms. The van der Waals surface area contributed by atoms with Gasteiger partial charge in [0.25, 0.3) is 0 Å². The van der Waals surface area contributed by atoms with Crippen molar-refractivity contribution < 1.29 is 13.7 Å². The monoisotopic (exact) mass is 244 g/mol. The maximum Gasteiger partial charge on any atom is 0.305 e. The molecule has 1 aromatic rings. The van der Waals surface area contributed by atoms with Crippen LogP contribution in [0.15, 0.2) is 18.2 Å². The second kappa shape index (κ2) is 4.68. The van der Waals surface area contributed by atoms with Crippen molar-refractivity contribution in [3.05, 3.63) is 45.5 Å². The molecular formula is C9H3ClF2N2O2. The molecule has 4 nitrogen and oxygen atoms in total. The lowest BCUT2D eigenvalue weighted by molar-refractivity contribution is -0.387. The molecule has 0 fully saturated rings. The zero-order valence-electron chi connectivity index (χ0n) is 7.58. The maximum atomic E-state index is 13.4. The van der Waals surface area contributed by atoms with Crippen LogP contribution in [0.1, 0.15) is 5.56 Å². The first-order chi connectivity index (χ1) is 7.49. The molecule has 0 aromatic heterocycles. The van der Waals surface area contributed by atoms with Crippen LogP contribution < -0.4 is 0 Å². The van der Waals surface area contributed by atoms with Crippen molar-refractivity contribution in [1.82, 2.24) is 0 Å². The van der Waals surface area contributed by atoms with Crippen molar-refractivity contribution >= 4 is 22.3 Å². The first-order valence-electron chi connectivity index (χ1n) is 3.87. The van der Waals surface area contributed by atoms with Gasteiger partial charge in [-0.2, -0.15) is 9.65 Å². The summed E-state index contributed by atoms with van der Waals surface area (Å²) in [7, 11) is 0. The lowest BCUT2D eigenvalue weighted by Crippen LogP contribution is -1.98. The van der Waals surface area contributed by atoms with Crippen LogP contribution in [0.2, 0.25) is 0 Å². The number of nitrogens with zero attached hydrogens (tertiary/aromatic N) is 2. The van der Waals surface area contributed by atoms with E-state index in [2.05, 4.69) is 0 Å². The third kappa shape index (κ3) is 2.15. The SMILES string of the molecule is N#CC=C(Cl)c1c(F)ccc([N+](=O)[O-])c1F. The van der Waals surface area contributed by atoms with Crippen molar-refractivity contribution in [3.8, 4) is 6.07 Å². The molecule has 0 unspecified atom stereocenters. The van der Waals surface area contributed by atoms with Crippen molar-refractivity contribution in [2.45, 2.75) is 0 Å². The Morgan fingerprint density at radius 1 is 1.56 bits per heavy atom. The van der Waals surface area contributed by atoms with E-state index in [4.69, 9.17) is 16.9 Å². The molecule has 0 aliphatic heterocycles. The normalized spacial score (nSPS) is 11.0. The predicted molar refractivity (Wildman–Crippen MR) is 52.5 cm³/mol. The van der Waals surface area contributed by atoms with Gasteiger partial charge in [0.15, 0.2) is 0 Å². The van der Waals surface area contributed by atoms with Crippen LogP contribution in [0.4, 0.5) is 14.5 Å². The number of halogens is 3. The minimum Gasteiger partial charge on any atom is -0.258 e. The van der Waals surface area contributed by atoms with Crippen LogP contribution in [0, 0.1) is 33.1 Å². The van der Waals surface area contributed by atoms with Gasteiger partial charge in [-0.1, -0.05) is 11.6 Å². The number of nitro groups is 1. The zero-order chi connectivity index (χ0) is 12.3. The van der Waals surface area contributed by atoms with Crippen LogP contribution in [-0.2, 0) is 0 Å². The summed E-state index contributed by atoms with van der Waals surface area (Å²) in [6.07, 6.45) is 0.687. The van der Waals surface area contributed by atoms with Crippen LogP contribution in [0.3, 0.4) is 0 Å². The fourth-order valence-electron chi connectivity index (χ4n) is 1.03. The van der Waals surface area contributed by atoms with E-state index in [1.165, 1.54) is 6.07 Å². The topological polar surface area (TPSA) is 66.9 Å². The summed E-state index contributed by atoms with van der Waals surface area (Å²) >= 11 is 5.43. The molecule has 0 aliphatic rings. The number of benzene rings is 1. The van der Waals surface area contributed by atoms with Gasteiger partial charge in [-0.25, -0.2) is 4.39 Å². The molecule has 0 amide bonds. The highest BCUT2D eigenvalue weighted by Crippen LogP contribution is 2.30. The van der Waals surface area contributed by atoms with E-state index in [9.17, 15) is 18.9 Å². The van der Waals surface area contributed by atoms with E-state index in [0.29, 0.717) is 18.2 Å². The molecule has 0 radical (unpaired) electrons. The smallest absolute Gasteiger partial charge is 0.258 e. The number of hydrogen-bond donors (Lipinski definition) is 0. The first kappa shape index (κ1) is 12.1. The fourth-order valence-corrected chi connectivity index (χ4v) is 1.25. The molecule has 1 rings (SSSR count).